The van der Waals surface area contributed by atoms with Crippen molar-refractivity contribution in [3.05, 3.63) is 53.6 Å². The van der Waals surface area contributed by atoms with Gasteiger partial charge in [-0.05, 0) is 56.0 Å². The third kappa shape index (κ3) is 5.57. The minimum absolute atomic E-state index is 0.107. The number of carbonyl (C=O) groups is 1. The van der Waals surface area contributed by atoms with Crippen LogP contribution in [0, 0.1) is 12.8 Å². The van der Waals surface area contributed by atoms with Crippen LogP contribution in [-0.2, 0) is 21.2 Å². The smallest absolute Gasteiger partial charge is 0.243 e. The Labute approximate surface area is 184 Å². The maximum atomic E-state index is 13.0. The Bertz CT molecular complexity index is 1010. The lowest BCUT2D eigenvalue weighted by molar-refractivity contribution is -0.126. The van der Waals surface area contributed by atoms with Crippen molar-refractivity contribution in [3.8, 4) is 11.5 Å². The van der Waals surface area contributed by atoms with Crippen LogP contribution in [-0.4, -0.2) is 52.5 Å². The Morgan fingerprint density at radius 3 is 2.48 bits per heavy atom. The first kappa shape index (κ1) is 23.1. The van der Waals surface area contributed by atoms with Crippen LogP contribution in [0.2, 0.25) is 0 Å². The molecule has 0 spiro atoms. The van der Waals surface area contributed by atoms with Gasteiger partial charge in [0.2, 0.25) is 15.9 Å². The normalized spacial score (nSPS) is 17.2. The summed E-state index contributed by atoms with van der Waals surface area (Å²) in [5, 5.41) is 2.95. The van der Waals surface area contributed by atoms with E-state index < -0.39 is 10.0 Å². The van der Waals surface area contributed by atoms with Crippen LogP contribution in [0.1, 0.15) is 24.0 Å². The number of nitrogens with zero attached hydrogens (tertiary/aromatic N) is 1. The second-order valence-electron chi connectivity index (χ2n) is 7.75. The molecular weight excluding hydrogens is 416 g/mol. The Morgan fingerprint density at radius 1 is 1.10 bits per heavy atom. The number of hydrogen-bond acceptors (Lipinski definition) is 5. The predicted octanol–water partition coefficient (Wildman–Crippen LogP) is 2.77. The van der Waals surface area contributed by atoms with Crippen LogP contribution in [0.15, 0.2) is 47.4 Å². The Hall–Kier alpha value is -2.58. The van der Waals surface area contributed by atoms with Gasteiger partial charge in [-0.1, -0.05) is 23.8 Å². The minimum atomic E-state index is -3.60. The molecule has 1 atom stereocenters. The van der Waals surface area contributed by atoms with E-state index in [1.54, 1.807) is 38.5 Å². The fraction of sp³-hybridized carbons (Fsp3) is 0.435. The minimum Gasteiger partial charge on any atom is -0.493 e. The van der Waals surface area contributed by atoms with Gasteiger partial charge in [-0.25, -0.2) is 8.42 Å². The topological polar surface area (TPSA) is 84.9 Å². The molecule has 168 valence electrons. The summed E-state index contributed by atoms with van der Waals surface area (Å²) >= 11 is 0. The lowest BCUT2D eigenvalue weighted by Gasteiger charge is -2.31. The zero-order valence-electron chi connectivity index (χ0n) is 18.3. The van der Waals surface area contributed by atoms with Gasteiger partial charge in [0, 0.05) is 19.6 Å². The van der Waals surface area contributed by atoms with Crippen LogP contribution in [0.25, 0.3) is 0 Å². The maximum absolute atomic E-state index is 13.0. The number of piperidine rings is 1. The lowest BCUT2D eigenvalue weighted by atomic mass is 9.99. The zero-order valence-corrected chi connectivity index (χ0v) is 19.1. The second-order valence-corrected chi connectivity index (χ2v) is 9.68. The molecule has 0 aromatic heterocycles. The number of methoxy groups -OCH3 is 2. The maximum Gasteiger partial charge on any atom is 0.243 e. The van der Waals surface area contributed by atoms with Crippen molar-refractivity contribution in [1.82, 2.24) is 9.62 Å². The van der Waals surface area contributed by atoms with Gasteiger partial charge in [0.1, 0.15) is 0 Å². The summed E-state index contributed by atoms with van der Waals surface area (Å²) in [6.45, 7) is 3.03. The van der Waals surface area contributed by atoms with E-state index in [4.69, 9.17) is 9.47 Å². The fourth-order valence-corrected chi connectivity index (χ4v) is 5.27. The van der Waals surface area contributed by atoms with Crippen LogP contribution < -0.4 is 14.8 Å². The number of rotatable bonds is 8. The third-order valence-corrected chi connectivity index (χ3v) is 7.45. The summed E-state index contributed by atoms with van der Waals surface area (Å²) in [6.07, 6.45) is 1.99. The molecule has 0 bridgehead atoms. The standard InChI is InChI=1S/C23H30N2O5S/c1-17-6-9-20(10-7-17)31(27,28)25-14-4-5-19(16-25)23(26)24-13-12-18-8-11-21(29-2)22(15-18)30-3/h6-11,15,19H,4-5,12-14,16H2,1-3H3,(H,24,26)/t19-/m0/s1. The average molecular weight is 447 g/mol. The molecule has 0 saturated carbocycles. The van der Waals surface area contributed by atoms with Gasteiger partial charge in [-0.3, -0.25) is 4.79 Å². The molecule has 2 aromatic carbocycles. The molecule has 1 saturated heterocycles. The fourth-order valence-electron chi connectivity index (χ4n) is 3.74. The van der Waals surface area contributed by atoms with Crippen LogP contribution >= 0.6 is 0 Å². The summed E-state index contributed by atoms with van der Waals surface area (Å²) in [5.41, 5.74) is 2.02. The summed E-state index contributed by atoms with van der Waals surface area (Å²) in [4.78, 5) is 13.0. The van der Waals surface area contributed by atoms with E-state index in [0.717, 1.165) is 11.1 Å². The number of benzene rings is 2. The van der Waals surface area contributed by atoms with E-state index >= 15 is 0 Å². The molecule has 1 heterocycles. The molecule has 7 nitrogen and oxygen atoms in total. The van der Waals surface area contributed by atoms with E-state index in [2.05, 4.69) is 5.32 Å². The van der Waals surface area contributed by atoms with Crippen molar-refractivity contribution >= 4 is 15.9 Å². The number of amides is 1. The van der Waals surface area contributed by atoms with E-state index in [0.29, 0.717) is 43.9 Å². The number of carbonyl (C=O) groups excluding carboxylic acids is 1. The first-order chi connectivity index (χ1) is 14.8. The van der Waals surface area contributed by atoms with Crippen molar-refractivity contribution in [2.75, 3.05) is 33.9 Å². The van der Waals surface area contributed by atoms with Gasteiger partial charge in [0.15, 0.2) is 11.5 Å². The molecule has 1 amide bonds. The Kier molecular flexibility index (Phi) is 7.56. The van der Waals surface area contributed by atoms with Crippen LogP contribution in [0.5, 0.6) is 11.5 Å². The predicted molar refractivity (Wildman–Crippen MR) is 119 cm³/mol. The van der Waals surface area contributed by atoms with Crippen molar-refractivity contribution in [3.63, 3.8) is 0 Å². The van der Waals surface area contributed by atoms with E-state index in [1.165, 1.54) is 4.31 Å². The number of aryl methyl sites for hydroxylation is 1. The summed E-state index contributed by atoms with van der Waals surface area (Å²) in [5.74, 6) is 0.853. The number of nitrogens with one attached hydrogen (secondary N) is 1. The molecule has 0 unspecified atom stereocenters. The van der Waals surface area contributed by atoms with Crippen molar-refractivity contribution in [2.24, 2.45) is 5.92 Å². The Balaban J connectivity index is 1.57. The first-order valence-corrected chi connectivity index (χ1v) is 11.8. The van der Waals surface area contributed by atoms with Gasteiger partial charge in [0.25, 0.3) is 0 Å². The summed E-state index contributed by atoms with van der Waals surface area (Å²) in [7, 11) is -0.422. The molecule has 1 aliphatic rings. The molecule has 0 aliphatic carbocycles. The highest BCUT2D eigenvalue weighted by Gasteiger charge is 2.33. The molecule has 1 fully saturated rings. The number of sulfonamides is 1. The highest BCUT2D eigenvalue weighted by atomic mass is 32.2. The van der Waals surface area contributed by atoms with Crippen molar-refractivity contribution < 1.29 is 22.7 Å². The molecule has 31 heavy (non-hydrogen) atoms. The average Bonchev–Trinajstić information content (AvgIpc) is 2.79. The molecule has 1 N–H and O–H groups in total. The molecule has 1 aliphatic heterocycles. The zero-order chi connectivity index (χ0) is 22.4. The van der Waals surface area contributed by atoms with E-state index in [9.17, 15) is 13.2 Å². The largest absolute Gasteiger partial charge is 0.493 e. The third-order valence-electron chi connectivity index (χ3n) is 5.57. The van der Waals surface area contributed by atoms with Gasteiger partial charge >= 0.3 is 0 Å². The molecular formula is C23H30N2O5S. The molecule has 8 heteroatoms. The van der Waals surface area contributed by atoms with Crippen molar-refractivity contribution in [2.45, 2.75) is 31.1 Å². The van der Waals surface area contributed by atoms with Crippen LogP contribution in [0.4, 0.5) is 0 Å². The molecule has 2 aromatic rings. The second kappa shape index (κ2) is 10.2. The quantitative estimate of drug-likeness (QED) is 0.674. The monoisotopic (exact) mass is 446 g/mol. The summed E-state index contributed by atoms with van der Waals surface area (Å²) < 4.78 is 37.9. The lowest BCUT2D eigenvalue weighted by Crippen LogP contribution is -2.45. The van der Waals surface area contributed by atoms with E-state index in [-0.39, 0.29) is 23.3 Å². The highest BCUT2D eigenvalue weighted by molar-refractivity contribution is 7.89. The summed E-state index contributed by atoms with van der Waals surface area (Å²) in [6, 6.07) is 12.5. The number of ether oxygens (including phenoxy) is 2. The van der Waals surface area contributed by atoms with Gasteiger partial charge in [0.05, 0.1) is 25.0 Å². The van der Waals surface area contributed by atoms with Gasteiger partial charge in [-0.15, -0.1) is 0 Å². The van der Waals surface area contributed by atoms with Gasteiger partial charge in [-0.2, -0.15) is 4.31 Å². The van der Waals surface area contributed by atoms with Crippen molar-refractivity contribution in [1.29, 1.82) is 0 Å². The first-order valence-electron chi connectivity index (χ1n) is 10.4. The van der Waals surface area contributed by atoms with Gasteiger partial charge < -0.3 is 14.8 Å². The van der Waals surface area contributed by atoms with Crippen LogP contribution in [0.3, 0.4) is 0 Å². The Morgan fingerprint density at radius 2 is 1.81 bits per heavy atom. The molecule has 3 rings (SSSR count). The SMILES string of the molecule is COc1ccc(CCNC(=O)[C@H]2CCCN(S(=O)(=O)c3ccc(C)cc3)C2)cc1OC. The highest BCUT2D eigenvalue weighted by Crippen LogP contribution is 2.28. The number of hydrogen-bond donors (Lipinski definition) is 1. The van der Waals surface area contributed by atoms with E-state index in [1.807, 2.05) is 25.1 Å². The molecule has 0 radical (unpaired) electrons.